The highest BCUT2D eigenvalue weighted by Crippen LogP contribution is 2.66. The molecule has 1 aromatic rings. The third-order valence-corrected chi connectivity index (χ3v) is 7.34. The fourth-order valence-corrected chi connectivity index (χ4v) is 5.18. The Morgan fingerprint density at radius 3 is 2.54 bits per heavy atom. The minimum atomic E-state index is -0.531. The summed E-state index contributed by atoms with van der Waals surface area (Å²) in [6.45, 7) is 9.41. The van der Waals surface area contributed by atoms with Crippen LogP contribution in [-0.4, -0.2) is 53.6 Å². The van der Waals surface area contributed by atoms with Crippen LogP contribution in [-0.2, 0) is 11.3 Å². The van der Waals surface area contributed by atoms with Crippen LogP contribution in [0.5, 0.6) is 0 Å². The van der Waals surface area contributed by atoms with Gasteiger partial charge in [0.15, 0.2) is 0 Å². The second kappa shape index (κ2) is 7.97. The summed E-state index contributed by atoms with van der Waals surface area (Å²) in [7, 11) is 0. The van der Waals surface area contributed by atoms with Crippen LogP contribution in [0.3, 0.4) is 0 Å². The van der Waals surface area contributed by atoms with Crippen LogP contribution in [0.1, 0.15) is 45.6 Å². The van der Waals surface area contributed by atoms with Gasteiger partial charge >= 0.3 is 0 Å². The maximum atomic E-state index is 10.5. The lowest BCUT2D eigenvalue weighted by atomic mass is 9.70. The standard InChI is InChI=1S/C22H35NO3/c1-21(2)18-9-10-22(21,3)20(13-18)26-16-19(25)15-23(11-12-24)14-17-7-5-4-6-8-17/h4-8,18-20,24-25H,9-16H2,1-3H3/t18-,19+,20-,22-/m0/s1. The van der Waals surface area contributed by atoms with Crippen molar-refractivity contribution in [3.63, 3.8) is 0 Å². The van der Waals surface area contributed by atoms with Gasteiger partial charge in [-0.1, -0.05) is 51.1 Å². The predicted octanol–water partition coefficient (Wildman–Crippen LogP) is 3.07. The average Bonchev–Trinajstić information content (AvgIpc) is 2.94. The zero-order valence-corrected chi connectivity index (χ0v) is 16.5. The molecule has 4 heteroatoms. The van der Waals surface area contributed by atoms with Crippen LogP contribution in [0, 0.1) is 16.7 Å². The topological polar surface area (TPSA) is 52.9 Å². The molecule has 0 spiro atoms. The third-order valence-electron chi connectivity index (χ3n) is 7.34. The van der Waals surface area contributed by atoms with Gasteiger partial charge in [0.1, 0.15) is 0 Å². The van der Waals surface area contributed by atoms with Crippen molar-refractivity contribution in [1.29, 1.82) is 0 Å². The van der Waals surface area contributed by atoms with Gasteiger partial charge in [-0.15, -0.1) is 0 Å². The zero-order valence-electron chi connectivity index (χ0n) is 16.5. The monoisotopic (exact) mass is 361 g/mol. The summed E-state index contributed by atoms with van der Waals surface area (Å²) < 4.78 is 6.23. The minimum Gasteiger partial charge on any atom is -0.395 e. The van der Waals surface area contributed by atoms with Crippen molar-refractivity contribution >= 4 is 0 Å². The highest BCUT2D eigenvalue weighted by atomic mass is 16.5. The summed E-state index contributed by atoms with van der Waals surface area (Å²) in [5.41, 5.74) is 1.75. The van der Waals surface area contributed by atoms with Crippen LogP contribution in [0.4, 0.5) is 0 Å². The molecule has 0 aliphatic heterocycles. The molecule has 2 aliphatic carbocycles. The van der Waals surface area contributed by atoms with Gasteiger partial charge in [0.25, 0.3) is 0 Å². The molecular weight excluding hydrogens is 326 g/mol. The number of hydrogen-bond acceptors (Lipinski definition) is 4. The Bertz CT molecular complexity index is 576. The molecule has 26 heavy (non-hydrogen) atoms. The summed E-state index contributed by atoms with van der Waals surface area (Å²) >= 11 is 0. The van der Waals surface area contributed by atoms with Crippen molar-refractivity contribution in [2.24, 2.45) is 16.7 Å². The van der Waals surface area contributed by atoms with Crippen molar-refractivity contribution in [2.75, 3.05) is 26.3 Å². The highest BCUT2D eigenvalue weighted by molar-refractivity contribution is 5.14. The molecule has 2 N–H and O–H groups in total. The smallest absolute Gasteiger partial charge is 0.0900 e. The SMILES string of the molecule is CC1(C)[C@H]2CC[C@@]1(C)[C@@H](OC[C@H](O)CN(CCO)Cc1ccccc1)C2. The highest BCUT2D eigenvalue weighted by Gasteiger charge is 2.61. The quantitative estimate of drug-likeness (QED) is 0.710. The van der Waals surface area contributed by atoms with Gasteiger partial charge in [-0.2, -0.15) is 0 Å². The summed E-state index contributed by atoms with van der Waals surface area (Å²) in [4.78, 5) is 2.09. The molecular formula is C22H35NO3. The first-order chi connectivity index (χ1) is 12.4. The van der Waals surface area contributed by atoms with E-state index in [2.05, 4.69) is 37.8 Å². The van der Waals surface area contributed by atoms with E-state index in [9.17, 15) is 10.2 Å². The van der Waals surface area contributed by atoms with E-state index in [1.807, 2.05) is 18.2 Å². The third kappa shape index (κ3) is 3.84. The molecule has 2 aliphatic rings. The summed E-state index contributed by atoms with van der Waals surface area (Å²) in [6.07, 6.45) is 3.40. The molecule has 4 nitrogen and oxygen atoms in total. The van der Waals surface area contributed by atoms with Crippen molar-refractivity contribution in [3.05, 3.63) is 35.9 Å². The molecule has 3 rings (SSSR count). The molecule has 2 saturated carbocycles. The molecule has 0 amide bonds. The Hall–Kier alpha value is -0.940. The number of benzene rings is 1. The predicted molar refractivity (Wildman–Crippen MR) is 104 cm³/mol. The Balaban J connectivity index is 1.50. The van der Waals surface area contributed by atoms with Gasteiger partial charge in [0.05, 0.1) is 25.4 Å². The van der Waals surface area contributed by atoms with Gasteiger partial charge in [0, 0.05) is 19.6 Å². The van der Waals surface area contributed by atoms with Crippen molar-refractivity contribution in [3.8, 4) is 0 Å². The van der Waals surface area contributed by atoms with Crippen LogP contribution >= 0.6 is 0 Å². The van der Waals surface area contributed by atoms with E-state index >= 15 is 0 Å². The summed E-state index contributed by atoms with van der Waals surface area (Å²) in [5, 5.41) is 19.9. The van der Waals surface area contributed by atoms with E-state index in [-0.39, 0.29) is 18.1 Å². The number of hydrogen-bond donors (Lipinski definition) is 2. The molecule has 1 aromatic carbocycles. The molecule has 146 valence electrons. The van der Waals surface area contributed by atoms with Crippen molar-refractivity contribution in [2.45, 2.75) is 58.8 Å². The maximum Gasteiger partial charge on any atom is 0.0900 e. The number of nitrogens with zero attached hydrogens (tertiary/aromatic N) is 1. The Morgan fingerprint density at radius 1 is 1.23 bits per heavy atom. The number of rotatable bonds is 9. The normalized spacial score (nSPS) is 30.8. The minimum absolute atomic E-state index is 0.0942. The Labute approximate surface area is 158 Å². The Morgan fingerprint density at radius 2 is 1.96 bits per heavy atom. The van der Waals surface area contributed by atoms with Gasteiger partial charge in [-0.3, -0.25) is 4.90 Å². The molecule has 2 bridgehead atoms. The Kier molecular flexibility index (Phi) is 6.07. The molecule has 0 unspecified atom stereocenters. The van der Waals surface area contributed by atoms with E-state index < -0.39 is 6.10 Å². The second-order valence-corrected chi connectivity index (χ2v) is 9.03. The molecule has 2 fully saturated rings. The van der Waals surface area contributed by atoms with E-state index in [1.54, 1.807) is 0 Å². The number of aliphatic hydroxyl groups is 2. The lowest BCUT2D eigenvalue weighted by Gasteiger charge is -2.39. The maximum absolute atomic E-state index is 10.5. The van der Waals surface area contributed by atoms with Crippen LogP contribution in [0.2, 0.25) is 0 Å². The molecule has 0 aromatic heterocycles. The van der Waals surface area contributed by atoms with Crippen LogP contribution in [0.25, 0.3) is 0 Å². The summed E-state index contributed by atoms with van der Waals surface area (Å²) in [5.74, 6) is 0.749. The molecule has 0 saturated heterocycles. The van der Waals surface area contributed by atoms with E-state index in [4.69, 9.17) is 4.74 Å². The van der Waals surface area contributed by atoms with Gasteiger partial charge in [-0.25, -0.2) is 0 Å². The number of aliphatic hydroxyl groups excluding tert-OH is 2. The van der Waals surface area contributed by atoms with Crippen molar-refractivity contribution < 1.29 is 14.9 Å². The van der Waals surface area contributed by atoms with Crippen molar-refractivity contribution in [1.82, 2.24) is 4.90 Å². The van der Waals surface area contributed by atoms with Crippen LogP contribution in [0.15, 0.2) is 30.3 Å². The summed E-state index contributed by atoms with van der Waals surface area (Å²) in [6, 6.07) is 10.2. The number of fused-ring (bicyclic) bond motifs is 2. The fourth-order valence-electron chi connectivity index (χ4n) is 5.18. The molecule has 0 heterocycles. The van der Waals surface area contributed by atoms with E-state index in [1.165, 1.54) is 18.4 Å². The largest absolute Gasteiger partial charge is 0.395 e. The molecule has 0 radical (unpaired) electrons. The number of ether oxygens (including phenoxy) is 1. The van der Waals surface area contributed by atoms with Gasteiger partial charge in [-0.05, 0) is 41.6 Å². The fraction of sp³-hybridized carbons (Fsp3) is 0.727. The van der Waals surface area contributed by atoms with E-state index in [0.717, 1.165) is 18.9 Å². The zero-order chi connectivity index (χ0) is 18.8. The first-order valence-corrected chi connectivity index (χ1v) is 10.0. The lowest BCUT2D eigenvalue weighted by molar-refractivity contribution is -0.0800. The van der Waals surface area contributed by atoms with Gasteiger partial charge < -0.3 is 14.9 Å². The lowest BCUT2D eigenvalue weighted by Crippen LogP contribution is -2.41. The van der Waals surface area contributed by atoms with E-state index in [0.29, 0.717) is 25.1 Å². The second-order valence-electron chi connectivity index (χ2n) is 9.03. The first kappa shape index (κ1) is 19.8. The van der Waals surface area contributed by atoms with Gasteiger partial charge in [0.2, 0.25) is 0 Å². The van der Waals surface area contributed by atoms with Crippen LogP contribution < -0.4 is 0 Å². The first-order valence-electron chi connectivity index (χ1n) is 10.0. The average molecular weight is 362 g/mol. The molecule has 4 atom stereocenters.